The largest absolute Gasteiger partial charge is 0.358 e. The van der Waals surface area contributed by atoms with E-state index in [1.807, 2.05) is 12.1 Å². The summed E-state index contributed by atoms with van der Waals surface area (Å²) >= 11 is 0. The van der Waals surface area contributed by atoms with Gasteiger partial charge in [-0.3, -0.25) is 4.79 Å². The Kier molecular flexibility index (Phi) is 2.82. The van der Waals surface area contributed by atoms with Crippen LogP contribution in [0.4, 0.5) is 0 Å². The second-order valence-electron chi connectivity index (χ2n) is 4.48. The molecule has 1 aromatic carbocycles. The van der Waals surface area contributed by atoms with Crippen LogP contribution in [0.5, 0.6) is 0 Å². The van der Waals surface area contributed by atoms with E-state index in [0.717, 1.165) is 23.0 Å². The fraction of sp³-hybridized carbons (Fsp3) is 0.357. The van der Waals surface area contributed by atoms with Crippen molar-refractivity contribution in [1.29, 1.82) is 0 Å². The first-order valence-corrected chi connectivity index (χ1v) is 5.77. The van der Waals surface area contributed by atoms with Gasteiger partial charge in [-0.1, -0.05) is 26.8 Å². The van der Waals surface area contributed by atoms with E-state index >= 15 is 0 Å². The van der Waals surface area contributed by atoms with Crippen molar-refractivity contribution in [2.24, 2.45) is 0 Å². The zero-order chi connectivity index (χ0) is 11.7. The van der Waals surface area contributed by atoms with Gasteiger partial charge >= 0.3 is 0 Å². The second-order valence-corrected chi connectivity index (χ2v) is 4.48. The van der Waals surface area contributed by atoms with Gasteiger partial charge in [0.1, 0.15) is 0 Å². The molecule has 2 rings (SSSR count). The maximum absolute atomic E-state index is 12.0. The molecule has 1 aromatic heterocycles. The molecule has 2 aromatic rings. The minimum absolute atomic E-state index is 0.118. The maximum Gasteiger partial charge on any atom is 0.189 e. The predicted molar refractivity (Wildman–Crippen MR) is 68.0 cm³/mol. The zero-order valence-electron chi connectivity index (χ0n) is 10.0. The number of hydrogen-bond donors (Lipinski definition) is 1. The molecule has 0 spiro atoms. The predicted octanol–water partition coefficient (Wildman–Crippen LogP) is 3.21. The Labute approximate surface area is 95.3 Å². The Hall–Kier alpha value is -1.57. The average molecular weight is 215 g/mol. The van der Waals surface area contributed by atoms with Gasteiger partial charge in [-0.25, -0.2) is 0 Å². The first-order valence-electron chi connectivity index (χ1n) is 5.77. The Balaban J connectivity index is 2.71. The molecular formula is C14H17NO. The van der Waals surface area contributed by atoms with Crippen molar-refractivity contribution < 1.29 is 0 Å². The molecule has 1 heterocycles. The lowest BCUT2D eigenvalue weighted by atomic mass is 10.1. The molecule has 0 saturated carbocycles. The lowest BCUT2D eigenvalue weighted by Crippen LogP contribution is -2.06. The minimum atomic E-state index is 0.118. The lowest BCUT2D eigenvalue weighted by Gasteiger charge is -2.08. The number of aryl methyl sites for hydroxylation is 1. The van der Waals surface area contributed by atoms with Crippen LogP contribution in [0.1, 0.15) is 37.9 Å². The molecule has 0 unspecified atom stereocenters. The summed E-state index contributed by atoms with van der Waals surface area (Å²) in [6.45, 7) is 6.26. The number of benzene rings is 1. The normalized spacial score (nSPS) is 11.2. The summed E-state index contributed by atoms with van der Waals surface area (Å²) in [6, 6.07) is 7.77. The first kappa shape index (κ1) is 10.9. The first-order chi connectivity index (χ1) is 7.61. The van der Waals surface area contributed by atoms with Gasteiger partial charge in [0.15, 0.2) is 5.43 Å². The smallest absolute Gasteiger partial charge is 0.189 e. The molecule has 0 bridgehead atoms. The maximum atomic E-state index is 12.0. The molecule has 0 aliphatic rings. The van der Waals surface area contributed by atoms with E-state index in [-0.39, 0.29) is 5.43 Å². The number of fused-ring (bicyclic) bond motifs is 1. The number of rotatable bonds is 2. The third-order valence-corrected chi connectivity index (χ3v) is 2.95. The van der Waals surface area contributed by atoms with Gasteiger partial charge in [-0.05, 0) is 30.0 Å². The van der Waals surface area contributed by atoms with Gasteiger partial charge in [-0.15, -0.1) is 0 Å². The Morgan fingerprint density at radius 2 is 2.00 bits per heavy atom. The van der Waals surface area contributed by atoms with Crippen molar-refractivity contribution in [3.05, 3.63) is 45.7 Å². The van der Waals surface area contributed by atoms with Crippen LogP contribution in [0.25, 0.3) is 10.9 Å². The van der Waals surface area contributed by atoms with Crippen LogP contribution >= 0.6 is 0 Å². The van der Waals surface area contributed by atoms with E-state index in [4.69, 9.17) is 0 Å². The van der Waals surface area contributed by atoms with Crippen LogP contribution in [-0.2, 0) is 6.42 Å². The highest BCUT2D eigenvalue weighted by molar-refractivity contribution is 5.79. The molecule has 0 aliphatic heterocycles. The number of nitrogens with one attached hydrogen (secondary N) is 1. The fourth-order valence-electron chi connectivity index (χ4n) is 1.85. The van der Waals surface area contributed by atoms with Crippen molar-refractivity contribution in [2.45, 2.75) is 33.1 Å². The summed E-state index contributed by atoms with van der Waals surface area (Å²) in [5.41, 5.74) is 3.26. The molecule has 0 amide bonds. The SMILES string of the molecule is CCc1ccc2[nH]c(C(C)C)cc(=O)c2c1. The van der Waals surface area contributed by atoms with Gasteiger partial charge in [0.2, 0.25) is 0 Å². The Bertz CT molecular complexity index is 566. The highest BCUT2D eigenvalue weighted by Crippen LogP contribution is 2.15. The summed E-state index contributed by atoms with van der Waals surface area (Å²) in [5.74, 6) is 0.350. The molecule has 84 valence electrons. The number of pyridine rings is 1. The van der Waals surface area contributed by atoms with Gasteiger partial charge in [-0.2, -0.15) is 0 Å². The topological polar surface area (TPSA) is 32.9 Å². The average Bonchev–Trinajstić information content (AvgIpc) is 2.28. The van der Waals surface area contributed by atoms with Crippen LogP contribution < -0.4 is 5.43 Å². The van der Waals surface area contributed by atoms with E-state index < -0.39 is 0 Å². The van der Waals surface area contributed by atoms with Crippen molar-refractivity contribution >= 4 is 10.9 Å². The number of H-pyrrole nitrogens is 1. The van der Waals surface area contributed by atoms with E-state index in [0.29, 0.717) is 5.92 Å². The van der Waals surface area contributed by atoms with E-state index in [9.17, 15) is 4.79 Å². The van der Waals surface area contributed by atoms with E-state index in [2.05, 4.69) is 31.8 Å². The quantitative estimate of drug-likeness (QED) is 0.819. The van der Waals surface area contributed by atoms with E-state index in [1.54, 1.807) is 6.07 Å². The molecular weight excluding hydrogens is 198 g/mol. The third kappa shape index (κ3) is 1.87. The molecule has 0 fully saturated rings. The highest BCUT2D eigenvalue weighted by atomic mass is 16.1. The van der Waals surface area contributed by atoms with Gasteiger partial charge in [0, 0.05) is 22.7 Å². The van der Waals surface area contributed by atoms with Crippen molar-refractivity contribution in [2.75, 3.05) is 0 Å². The summed E-state index contributed by atoms with van der Waals surface area (Å²) in [7, 11) is 0. The van der Waals surface area contributed by atoms with Crippen LogP contribution in [0.15, 0.2) is 29.1 Å². The lowest BCUT2D eigenvalue weighted by molar-refractivity contribution is 0.828. The number of hydrogen-bond acceptors (Lipinski definition) is 1. The molecule has 0 saturated heterocycles. The summed E-state index contributed by atoms with van der Waals surface area (Å²) in [5, 5.41) is 0.795. The minimum Gasteiger partial charge on any atom is -0.358 e. The molecule has 2 heteroatoms. The molecule has 0 aliphatic carbocycles. The molecule has 2 nitrogen and oxygen atoms in total. The standard InChI is InChI=1S/C14H17NO/c1-4-10-5-6-12-11(7-10)14(16)8-13(15-12)9(2)3/h5-9H,4H2,1-3H3,(H,15,16). The number of aromatic amines is 1. The molecule has 1 N–H and O–H groups in total. The highest BCUT2D eigenvalue weighted by Gasteiger charge is 2.05. The summed E-state index contributed by atoms with van der Waals surface area (Å²) < 4.78 is 0. The zero-order valence-corrected chi connectivity index (χ0v) is 10.0. The summed E-state index contributed by atoms with van der Waals surface area (Å²) in [4.78, 5) is 15.3. The monoisotopic (exact) mass is 215 g/mol. The van der Waals surface area contributed by atoms with Gasteiger partial charge < -0.3 is 4.98 Å². The molecule has 0 radical (unpaired) electrons. The third-order valence-electron chi connectivity index (χ3n) is 2.95. The fourth-order valence-corrected chi connectivity index (χ4v) is 1.85. The van der Waals surface area contributed by atoms with Crippen LogP contribution in [0.2, 0.25) is 0 Å². The van der Waals surface area contributed by atoms with Crippen molar-refractivity contribution in [3.63, 3.8) is 0 Å². The van der Waals surface area contributed by atoms with Crippen molar-refractivity contribution in [1.82, 2.24) is 4.98 Å². The van der Waals surface area contributed by atoms with Crippen LogP contribution in [0.3, 0.4) is 0 Å². The van der Waals surface area contributed by atoms with Crippen LogP contribution in [0, 0.1) is 0 Å². The summed E-state index contributed by atoms with van der Waals surface area (Å²) in [6.07, 6.45) is 0.960. The van der Waals surface area contributed by atoms with Gasteiger partial charge in [0.25, 0.3) is 0 Å². The molecule has 0 atom stereocenters. The Morgan fingerprint density at radius 1 is 1.25 bits per heavy atom. The Morgan fingerprint density at radius 3 is 2.62 bits per heavy atom. The second kappa shape index (κ2) is 4.12. The molecule has 16 heavy (non-hydrogen) atoms. The van der Waals surface area contributed by atoms with E-state index in [1.165, 1.54) is 5.56 Å². The van der Waals surface area contributed by atoms with Crippen molar-refractivity contribution in [3.8, 4) is 0 Å². The number of aromatic nitrogens is 1. The van der Waals surface area contributed by atoms with Gasteiger partial charge in [0.05, 0.1) is 0 Å². The van der Waals surface area contributed by atoms with Crippen LogP contribution in [-0.4, -0.2) is 4.98 Å².